The van der Waals surface area contributed by atoms with Gasteiger partial charge in [-0.3, -0.25) is 4.72 Å². The van der Waals surface area contributed by atoms with Gasteiger partial charge in [-0.05, 0) is 36.4 Å². The van der Waals surface area contributed by atoms with E-state index < -0.39 is 21.8 Å². The first-order valence-corrected chi connectivity index (χ1v) is 8.04. The van der Waals surface area contributed by atoms with Crippen molar-refractivity contribution in [1.29, 1.82) is 0 Å². The first-order valence-electron chi connectivity index (χ1n) is 6.56. The summed E-state index contributed by atoms with van der Waals surface area (Å²) in [4.78, 5) is 11.2. The van der Waals surface area contributed by atoms with Crippen LogP contribution in [0.15, 0.2) is 59.5 Å². The number of hydrogen-bond acceptors (Lipinski definition) is 4. The summed E-state index contributed by atoms with van der Waals surface area (Å²) in [6, 6.07) is 11.3. The van der Waals surface area contributed by atoms with E-state index in [1.165, 1.54) is 31.4 Å². The molecule has 0 aromatic heterocycles. The molecule has 0 aliphatic rings. The third-order valence-corrected chi connectivity index (χ3v) is 4.29. The lowest BCUT2D eigenvalue weighted by molar-refractivity contribution is -0.134. The van der Waals surface area contributed by atoms with E-state index in [-0.39, 0.29) is 16.1 Å². The molecule has 2 aromatic carbocycles. The lowest BCUT2D eigenvalue weighted by Crippen LogP contribution is -2.13. The summed E-state index contributed by atoms with van der Waals surface area (Å²) >= 11 is 0. The number of esters is 1. The number of benzene rings is 2. The minimum absolute atomic E-state index is 0.0761. The number of carbonyl (C=O) groups excluding carboxylic acids is 1. The molecule has 0 amide bonds. The van der Waals surface area contributed by atoms with Gasteiger partial charge in [0.15, 0.2) is 0 Å². The first-order chi connectivity index (χ1) is 10.9. The maximum absolute atomic E-state index is 13.4. The predicted octanol–water partition coefficient (Wildman–Crippen LogP) is 2.81. The van der Waals surface area contributed by atoms with Crippen molar-refractivity contribution in [3.05, 3.63) is 66.0 Å². The fourth-order valence-corrected chi connectivity index (χ4v) is 2.90. The van der Waals surface area contributed by atoms with Gasteiger partial charge in [0, 0.05) is 11.6 Å². The van der Waals surface area contributed by atoms with E-state index in [4.69, 9.17) is 0 Å². The van der Waals surface area contributed by atoms with E-state index in [1.807, 2.05) is 0 Å². The molecule has 0 atom stereocenters. The van der Waals surface area contributed by atoms with Crippen LogP contribution in [-0.2, 0) is 19.6 Å². The van der Waals surface area contributed by atoms with Gasteiger partial charge in [-0.15, -0.1) is 0 Å². The van der Waals surface area contributed by atoms with E-state index in [0.29, 0.717) is 0 Å². The molecular weight excluding hydrogens is 321 g/mol. The minimum atomic E-state index is -3.82. The Morgan fingerprint density at radius 1 is 1.17 bits per heavy atom. The van der Waals surface area contributed by atoms with Crippen molar-refractivity contribution in [2.45, 2.75) is 4.90 Å². The monoisotopic (exact) mass is 335 g/mol. The third kappa shape index (κ3) is 4.40. The highest BCUT2D eigenvalue weighted by Gasteiger charge is 2.15. The molecule has 0 aliphatic carbocycles. The topological polar surface area (TPSA) is 72.5 Å². The van der Waals surface area contributed by atoms with Crippen molar-refractivity contribution in [1.82, 2.24) is 0 Å². The Balaban J connectivity index is 2.37. The Bertz CT molecular complexity index is 832. The Morgan fingerprint density at radius 2 is 1.87 bits per heavy atom. The molecule has 0 spiro atoms. The number of carbonyl (C=O) groups is 1. The third-order valence-electron chi connectivity index (χ3n) is 2.91. The van der Waals surface area contributed by atoms with Crippen LogP contribution in [0.5, 0.6) is 0 Å². The molecule has 0 heterocycles. The van der Waals surface area contributed by atoms with Gasteiger partial charge in [-0.25, -0.2) is 17.6 Å². The second-order valence-corrected chi connectivity index (χ2v) is 6.19. The zero-order chi connectivity index (χ0) is 16.9. The number of hydrogen-bond donors (Lipinski definition) is 1. The summed E-state index contributed by atoms with van der Waals surface area (Å²) in [6.07, 6.45) is 2.35. The van der Waals surface area contributed by atoms with Crippen LogP contribution in [0.25, 0.3) is 6.08 Å². The molecule has 120 valence electrons. The predicted molar refractivity (Wildman–Crippen MR) is 84.7 cm³/mol. The van der Waals surface area contributed by atoms with Crippen molar-refractivity contribution >= 4 is 27.8 Å². The summed E-state index contributed by atoms with van der Waals surface area (Å²) in [7, 11) is -2.61. The molecule has 1 N–H and O–H groups in total. The van der Waals surface area contributed by atoms with Crippen LogP contribution in [0.3, 0.4) is 0 Å². The Kier molecular flexibility index (Phi) is 5.13. The quantitative estimate of drug-likeness (QED) is 0.674. The summed E-state index contributed by atoms with van der Waals surface area (Å²) in [5.74, 6) is -1.19. The average molecular weight is 335 g/mol. The molecule has 0 saturated heterocycles. The Labute approximate surface area is 133 Å². The van der Waals surface area contributed by atoms with E-state index in [9.17, 15) is 17.6 Å². The smallest absolute Gasteiger partial charge is 0.330 e. The zero-order valence-corrected chi connectivity index (χ0v) is 13.0. The van der Waals surface area contributed by atoms with Crippen LogP contribution in [0.4, 0.5) is 10.1 Å². The number of anilines is 1. The van der Waals surface area contributed by atoms with Crippen molar-refractivity contribution in [2.24, 2.45) is 0 Å². The van der Waals surface area contributed by atoms with Crippen LogP contribution >= 0.6 is 0 Å². The molecule has 2 aromatic rings. The van der Waals surface area contributed by atoms with Gasteiger partial charge >= 0.3 is 5.97 Å². The van der Waals surface area contributed by atoms with Gasteiger partial charge in [-0.1, -0.05) is 18.2 Å². The SMILES string of the molecule is COC(=O)/C=C/c1cc(F)ccc1NS(=O)(=O)c1ccccc1. The molecule has 0 saturated carbocycles. The summed E-state index contributed by atoms with van der Waals surface area (Å²) < 4.78 is 44.8. The minimum Gasteiger partial charge on any atom is -0.466 e. The maximum atomic E-state index is 13.4. The van der Waals surface area contributed by atoms with E-state index in [1.54, 1.807) is 18.2 Å². The largest absolute Gasteiger partial charge is 0.466 e. The number of rotatable bonds is 5. The first kappa shape index (κ1) is 16.7. The molecule has 5 nitrogen and oxygen atoms in total. The number of ether oxygens (including phenoxy) is 1. The maximum Gasteiger partial charge on any atom is 0.330 e. The van der Waals surface area contributed by atoms with Crippen LogP contribution < -0.4 is 4.72 Å². The second-order valence-electron chi connectivity index (χ2n) is 4.51. The summed E-state index contributed by atoms with van der Waals surface area (Å²) in [5.41, 5.74) is 0.352. The molecular formula is C16H14FNO4S. The van der Waals surface area contributed by atoms with Crippen LogP contribution in [0.2, 0.25) is 0 Å². The zero-order valence-electron chi connectivity index (χ0n) is 12.2. The molecule has 0 radical (unpaired) electrons. The molecule has 0 fully saturated rings. The highest BCUT2D eigenvalue weighted by Crippen LogP contribution is 2.22. The number of methoxy groups -OCH3 is 1. The second kappa shape index (κ2) is 7.06. The average Bonchev–Trinajstić information content (AvgIpc) is 2.55. The van der Waals surface area contributed by atoms with E-state index in [2.05, 4.69) is 9.46 Å². The lowest BCUT2D eigenvalue weighted by Gasteiger charge is -2.11. The van der Waals surface area contributed by atoms with Crippen molar-refractivity contribution < 1.29 is 22.3 Å². The van der Waals surface area contributed by atoms with Crippen molar-refractivity contribution in [2.75, 3.05) is 11.8 Å². The highest BCUT2D eigenvalue weighted by atomic mass is 32.2. The Hall–Kier alpha value is -2.67. The van der Waals surface area contributed by atoms with Gasteiger partial charge in [0.05, 0.1) is 17.7 Å². The Morgan fingerprint density at radius 3 is 2.52 bits per heavy atom. The lowest BCUT2D eigenvalue weighted by atomic mass is 10.1. The standard InChI is InChI=1S/C16H14FNO4S/c1-22-16(19)10-7-12-11-13(17)8-9-15(12)18-23(20,21)14-5-3-2-4-6-14/h2-11,18H,1H3/b10-7+. The normalized spacial score (nSPS) is 11.4. The van der Waals surface area contributed by atoms with Crippen molar-refractivity contribution in [3.63, 3.8) is 0 Å². The van der Waals surface area contributed by atoms with Gasteiger partial charge in [-0.2, -0.15) is 0 Å². The molecule has 0 aliphatic heterocycles. The number of halogens is 1. The van der Waals surface area contributed by atoms with Crippen molar-refractivity contribution in [3.8, 4) is 0 Å². The van der Waals surface area contributed by atoms with Crippen LogP contribution in [-0.4, -0.2) is 21.5 Å². The van der Waals surface area contributed by atoms with Gasteiger partial charge in [0.1, 0.15) is 5.82 Å². The molecule has 0 bridgehead atoms. The van der Waals surface area contributed by atoms with Gasteiger partial charge < -0.3 is 4.74 Å². The van der Waals surface area contributed by atoms with E-state index >= 15 is 0 Å². The summed E-state index contributed by atoms with van der Waals surface area (Å²) in [5, 5.41) is 0. The number of nitrogens with one attached hydrogen (secondary N) is 1. The molecule has 0 unspecified atom stereocenters. The van der Waals surface area contributed by atoms with Crippen LogP contribution in [0, 0.1) is 5.82 Å². The fraction of sp³-hybridized carbons (Fsp3) is 0.0625. The summed E-state index contributed by atoms with van der Waals surface area (Å²) in [6.45, 7) is 0. The number of sulfonamides is 1. The molecule has 23 heavy (non-hydrogen) atoms. The van der Waals surface area contributed by atoms with Gasteiger partial charge in [0.2, 0.25) is 0 Å². The highest BCUT2D eigenvalue weighted by molar-refractivity contribution is 7.92. The molecule has 2 rings (SSSR count). The van der Waals surface area contributed by atoms with E-state index in [0.717, 1.165) is 18.2 Å². The molecule has 7 heteroatoms. The van der Waals surface area contributed by atoms with Crippen LogP contribution in [0.1, 0.15) is 5.56 Å². The van der Waals surface area contributed by atoms with Gasteiger partial charge in [0.25, 0.3) is 10.0 Å². The fourth-order valence-electron chi connectivity index (χ4n) is 1.79.